The average molecular weight is 513 g/mol. The van der Waals surface area contributed by atoms with Crippen molar-refractivity contribution >= 4 is 29.0 Å². The minimum absolute atomic E-state index is 0.219. The van der Waals surface area contributed by atoms with Crippen LogP contribution in [0.4, 0.5) is 10.7 Å². The van der Waals surface area contributed by atoms with Gasteiger partial charge in [-0.2, -0.15) is 0 Å². The predicted octanol–water partition coefficient (Wildman–Crippen LogP) is 3.71. The minimum Gasteiger partial charge on any atom is -0.497 e. The number of rotatable bonds is 8. The largest absolute Gasteiger partial charge is 0.497 e. The number of H-pyrrole nitrogens is 1. The van der Waals surface area contributed by atoms with E-state index >= 15 is 0 Å². The molecule has 192 valence electrons. The van der Waals surface area contributed by atoms with E-state index < -0.39 is 6.09 Å². The number of aromatic nitrogens is 6. The summed E-state index contributed by atoms with van der Waals surface area (Å²) >= 11 is 0. The van der Waals surface area contributed by atoms with E-state index in [2.05, 4.69) is 35.6 Å². The standard InChI is InChI=1S/C26H24N8O4/c1-3-38-26(36)33-25-31-20-12-17(11-19(22(20)32-25)23-27-8-5-9-28-23)34-14-21(30-15-34)24(35)29-13-16-6-4-7-18(10-16)37-2/h4-12,14-15H,3,13H2,1-2H3,(H,29,35)(H2,31,32,33,36). The maximum atomic E-state index is 12.8. The second-order valence-corrected chi connectivity index (χ2v) is 8.09. The number of carbonyl (C=O) groups is 2. The highest BCUT2D eigenvalue weighted by Gasteiger charge is 2.17. The lowest BCUT2D eigenvalue weighted by molar-refractivity contribution is 0.0946. The SMILES string of the molecule is CCOC(=O)Nc1nc2c(-c3ncccn3)cc(-n3cnc(C(=O)NCc4cccc(OC)c4)c3)cc2[nH]1. The molecule has 2 aromatic carbocycles. The smallest absolute Gasteiger partial charge is 0.413 e. The molecule has 12 heteroatoms. The molecule has 0 aliphatic heterocycles. The van der Waals surface area contributed by atoms with Crippen molar-refractivity contribution in [3.63, 3.8) is 0 Å². The molecule has 0 radical (unpaired) electrons. The zero-order valence-corrected chi connectivity index (χ0v) is 20.6. The van der Waals surface area contributed by atoms with Crippen LogP contribution in [0.15, 0.2) is 67.4 Å². The molecule has 0 saturated heterocycles. The molecule has 5 rings (SSSR count). The molecule has 38 heavy (non-hydrogen) atoms. The lowest BCUT2D eigenvalue weighted by atomic mass is 10.1. The molecule has 0 atom stereocenters. The molecule has 0 fully saturated rings. The van der Waals surface area contributed by atoms with E-state index in [4.69, 9.17) is 9.47 Å². The number of anilines is 1. The number of hydrogen-bond acceptors (Lipinski definition) is 8. The fourth-order valence-electron chi connectivity index (χ4n) is 3.82. The Morgan fingerprint density at radius 2 is 1.92 bits per heavy atom. The fraction of sp³-hybridized carbons (Fsp3) is 0.154. The Labute approximate surface area is 217 Å². The van der Waals surface area contributed by atoms with Crippen molar-refractivity contribution in [2.45, 2.75) is 13.5 Å². The molecule has 0 aliphatic carbocycles. The third-order valence-electron chi connectivity index (χ3n) is 5.57. The highest BCUT2D eigenvalue weighted by Crippen LogP contribution is 2.29. The number of nitrogens with one attached hydrogen (secondary N) is 3. The lowest BCUT2D eigenvalue weighted by Gasteiger charge is -2.07. The van der Waals surface area contributed by atoms with Crippen LogP contribution in [-0.4, -0.2) is 55.2 Å². The molecule has 0 unspecified atom stereocenters. The number of amides is 2. The van der Waals surface area contributed by atoms with Crippen molar-refractivity contribution < 1.29 is 19.1 Å². The highest BCUT2D eigenvalue weighted by molar-refractivity contribution is 5.95. The summed E-state index contributed by atoms with van der Waals surface area (Å²) in [5.41, 5.74) is 3.65. The van der Waals surface area contributed by atoms with Crippen LogP contribution < -0.4 is 15.4 Å². The van der Waals surface area contributed by atoms with Crippen molar-refractivity contribution in [2.24, 2.45) is 0 Å². The van der Waals surface area contributed by atoms with Gasteiger partial charge in [0.05, 0.1) is 19.2 Å². The van der Waals surface area contributed by atoms with Gasteiger partial charge in [-0.25, -0.2) is 24.7 Å². The normalized spacial score (nSPS) is 10.8. The average Bonchev–Trinajstić information content (AvgIpc) is 3.59. The molecule has 2 amide bonds. The predicted molar refractivity (Wildman–Crippen MR) is 139 cm³/mol. The van der Waals surface area contributed by atoms with Crippen LogP contribution in [0.25, 0.3) is 28.1 Å². The third-order valence-corrected chi connectivity index (χ3v) is 5.57. The van der Waals surface area contributed by atoms with Crippen LogP contribution in [0.1, 0.15) is 23.0 Å². The summed E-state index contributed by atoms with van der Waals surface area (Å²) in [7, 11) is 1.60. The molecule has 0 aliphatic rings. The fourth-order valence-corrected chi connectivity index (χ4v) is 3.82. The first kappa shape index (κ1) is 24.4. The number of nitrogens with zero attached hydrogens (tertiary/aromatic N) is 5. The Balaban J connectivity index is 1.43. The van der Waals surface area contributed by atoms with E-state index in [-0.39, 0.29) is 24.2 Å². The van der Waals surface area contributed by atoms with Crippen molar-refractivity contribution in [3.05, 3.63) is 78.6 Å². The Bertz CT molecular complexity index is 1600. The number of hydrogen-bond donors (Lipinski definition) is 3. The monoisotopic (exact) mass is 512 g/mol. The van der Waals surface area contributed by atoms with Gasteiger partial charge in [0.2, 0.25) is 5.95 Å². The maximum absolute atomic E-state index is 12.8. The van der Waals surface area contributed by atoms with Crippen molar-refractivity contribution in [1.29, 1.82) is 0 Å². The maximum Gasteiger partial charge on any atom is 0.413 e. The minimum atomic E-state index is -0.622. The summed E-state index contributed by atoms with van der Waals surface area (Å²) in [6.45, 7) is 2.28. The first-order valence-electron chi connectivity index (χ1n) is 11.7. The summed E-state index contributed by atoms with van der Waals surface area (Å²) in [4.78, 5) is 45.2. The number of fused-ring (bicyclic) bond motifs is 1. The first-order valence-corrected chi connectivity index (χ1v) is 11.7. The van der Waals surface area contributed by atoms with Crippen LogP contribution in [0.2, 0.25) is 0 Å². The van der Waals surface area contributed by atoms with Crippen LogP contribution in [0, 0.1) is 0 Å². The van der Waals surface area contributed by atoms with Gasteiger partial charge in [0.15, 0.2) is 5.82 Å². The summed E-state index contributed by atoms with van der Waals surface area (Å²) in [6, 6.07) is 12.8. The molecule has 0 bridgehead atoms. The molecule has 0 saturated carbocycles. The molecule has 3 N–H and O–H groups in total. The van der Waals surface area contributed by atoms with Gasteiger partial charge >= 0.3 is 6.09 Å². The van der Waals surface area contributed by atoms with Crippen LogP contribution >= 0.6 is 0 Å². The van der Waals surface area contributed by atoms with Gasteiger partial charge in [-0.05, 0) is 42.8 Å². The molecule has 3 heterocycles. The van der Waals surface area contributed by atoms with Crippen molar-refractivity contribution in [2.75, 3.05) is 19.0 Å². The van der Waals surface area contributed by atoms with E-state index in [1.165, 1.54) is 0 Å². The summed E-state index contributed by atoms with van der Waals surface area (Å²) in [5.74, 6) is 1.07. The van der Waals surface area contributed by atoms with Crippen LogP contribution in [0.5, 0.6) is 5.75 Å². The zero-order valence-electron chi connectivity index (χ0n) is 20.6. The van der Waals surface area contributed by atoms with Gasteiger partial charge in [0.25, 0.3) is 5.91 Å². The van der Waals surface area contributed by atoms with E-state index in [1.54, 1.807) is 49.6 Å². The van der Waals surface area contributed by atoms with Crippen LogP contribution in [-0.2, 0) is 11.3 Å². The molecular weight excluding hydrogens is 488 g/mol. The third kappa shape index (κ3) is 5.28. The number of carbonyl (C=O) groups excluding carboxylic acids is 2. The molecule has 0 spiro atoms. The van der Waals surface area contributed by atoms with Gasteiger partial charge in [0.1, 0.15) is 23.3 Å². The van der Waals surface area contributed by atoms with E-state index in [9.17, 15) is 9.59 Å². The van der Waals surface area contributed by atoms with Gasteiger partial charge in [-0.15, -0.1) is 0 Å². The summed E-state index contributed by atoms with van der Waals surface area (Å²) in [6.07, 6.45) is 5.82. The van der Waals surface area contributed by atoms with E-state index in [0.717, 1.165) is 5.56 Å². The molecule has 3 aromatic heterocycles. The first-order chi connectivity index (χ1) is 18.5. The molecular formula is C26H24N8O4. The highest BCUT2D eigenvalue weighted by atomic mass is 16.5. The van der Waals surface area contributed by atoms with Crippen LogP contribution in [0.3, 0.4) is 0 Å². The van der Waals surface area contributed by atoms with Gasteiger partial charge in [-0.1, -0.05) is 12.1 Å². The zero-order chi connectivity index (χ0) is 26.5. The second-order valence-electron chi connectivity index (χ2n) is 8.09. The second kappa shape index (κ2) is 10.8. The van der Waals surface area contributed by atoms with E-state index in [0.29, 0.717) is 40.4 Å². The topological polar surface area (TPSA) is 149 Å². The Hall–Kier alpha value is -5.26. The Morgan fingerprint density at radius 3 is 2.71 bits per heavy atom. The van der Waals surface area contributed by atoms with Crippen molar-refractivity contribution in [3.8, 4) is 22.8 Å². The number of ether oxygens (including phenoxy) is 2. The van der Waals surface area contributed by atoms with Gasteiger partial charge in [0, 0.05) is 36.4 Å². The Kier molecular flexibility index (Phi) is 6.93. The Morgan fingerprint density at radius 1 is 1.08 bits per heavy atom. The van der Waals surface area contributed by atoms with Gasteiger partial charge < -0.3 is 24.3 Å². The molecule has 5 aromatic rings. The summed E-state index contributed by atoms with van der Waals surface area (Å²) in [5, 5.41) is 5.45. The van der Waals surface area contributed by atoms with Gasteiger partial charge in [-0.3, -0.25) is 10.1 Å². The molecule has 12 nitrogen and oxygen atoms in total. The van der Waals surface area contributed by atoms with E-state index in [1.807, 2.05) is 36.4 Å². The summed E-state index contributed by atoms with van der Waals surface area (Å²) < 4.78 is 11.9. The number of aromatic amines is 1. The quantitative estimate of drug-likeness (QED) is 0.285. The lowest BCUT2D eigenvalue weighted by Crippen LogP contribution is -2.23. The number of benzene rings is 2. The van der Waals surface area contributed by atoms with Crippen molar-refractivity contribution in [1.82, 2.24) is 34.8 Å². The number of methoxy groups -OCH3 is 1. The number of imidazole rings is 2.